The minimum atomic E-state index is -3.17. The van der Waals surface area contributed by atoms with Crippen LogP contribution < -0.4 is 0 Å². The van der Waals surface area contributed by atoms with E-state index in [-0.39, 0.29) is 5.25 Å². The molecule has 0 radical (unpaired) electrons. The van der Waals surface area contributed by atoms with Gasteiger partial charge in [-0.25, -0.2) is 8.42 Å². The number of hydrogen-bond acceptors (Lipinski definition) is 4. The van der Waals surface area contributed by atoms with Crippen molar-refractivity contribution >= 4 is 10.0 Å². The van der Waals surface area contributed by atoms with Gasteiger partial charge < -0.3 is 9.64 Å². The van der Waals surface area contributed by atoms with E-state index in [1.807, 2.05) is 14.1 Å². The summed E-state index contributed by atoms with van der Waals surface area (Å²) in [5.41, 5.74) is 0. The van der Waals surface area contributed by atoms with E-state index in [0.717, 1.165) is 13.0 Å². The largest absolute Gasteiger partial charge is 0.383 e. The third-order valence-corrected chi connectivity index (χ3v) is 4.79. The molecule has 0 saturated carbocycles. The summed E-state index contributed by atoms with van der Waals surface area (Å²) in [5, 5.41) is -0.376. The smallest absolute Gasteiger partial charge is 0.216 e. The fourth-order valence-corrected chi connectivity index (χ4v) is 2.73. The average Bonchev–Trinajstić information content (AvgIpc) is 2.22. The number of hydrogen-bond donors (Lipinski definition) is 0. The standard InChI is InChI=1S/C11H26N2O3S/c1-11(2)17(14,15)13(9-10-16-5)8-6-7-12(3)4/h11H,6-10H2,1-5H3. The van der Waals surface area contributed by atoms with Gasteiger partial charge in [0.05, 0.1) is 11.9 Å². The first kappa shape index (κ1) is 16.8. The minimum Gasteiger partial charge on any atom is -0.383 e. The summed E-state index contributed by atoms with van der Waals surface area (Å²) in [6.07, 6.45) is 0.836. The van der Waals surface area contributed by atoms with Crippen molar-refractivity contribution in [1.82, 2.24) is 9.21 Å². The summed E-state index contributed by atoms with van der Waals surface area (Å²) in [5.74, 6) is 0. The van der Waals surface area contributed by atoms with Crippen LogP contribution in [0.2, 0.25) is 0 Å². The van der Waals surface area contributed by atoms with Crippen LogP contribution >= 0.6 is 0 Å². The van der Waals surface area contributed by atoms with Crippen molar-refractivity contribution in [2.75, 3.05) is 47.4 Å². The van der Waals surface area contributed by atoms with Crippen molar-refractivity contribution in [1.29, 1.82) is 0 Å². The summed E-state index contributed by atoms with van der Waals surface area (Å²) in [4.78, 5) is 2.05. The van der Waals surface area contributed by atoms with Gasteiger partial charge in [-0.3, -0.25) is 0 Å². The highest BCUT2D eigenvalue weighted by Crippen LogP contribution is 2.09. The predicted octanol–water partition coefficient (Wildman–Crippen LogP) is 0.625. The quantitative estimate of drug-likeness (QED) is 0.614. The van der Waals surface area contributed by atoms with E-state index in [9.17, 15) is 8.42 Å². The van der Waals surface area contributed by atoms with Crippen LogP contribution in [0.25, 0.3) is 0 Å². The first-order chi connectivity index (χ1) is 7.82. The Morgan fingerprint density at radius 1 is 1.12 bits per heavy atom. The molecule has 0 aliphatic heterocycles. The van der Waals surface area contributed by atoms with E-state index in [4.69, 9.17) is 4.74 Å². The zero-order chi connectivity index (χ0) is 13.5. The van der Waals surface area contributed by atoms with E-state index in [2.05, 4.69) is 4.90 Å². The molecular formula is C11H26N2O3S. The Morgan fingerprint density at radius 2 is 1.71 bits per heavy atom. The van der Waals surface area contributed by atoms with Gasteiger partial charge in [0.15, 0.2) is 0 Å². The SMILES string of the molecule is COCCN(CCCN(C)C)S(=O)(=O)C(C)C. The van der Waals surface area contributed by atoms with Gasteiger partial charge in [-0.05, 0) is 40.9 Å². The maximum absolute atomic E-state index is 12.1. The summed E-state index contributed by atoms with van der Waals surface area (Å²) in [7, 11) is 2.37. The lowest BCUT2D eigenvalue weighted by Crippen LogP contribution is -2.39. The molecule has 17 heavy (non-hydrogen) atoms. The molecule has 0 spiro atoms. The lowest BCUT2D eigenvalue weighted by atomic mass is 10.4. The normalized spacial score (nSPS) is 12.9. The molecule has 0 aromatic heterocycles. The van der Waals surface area contributed by atoms with Gasteiger partial charge in [0.25, 0.3) is 0 Å². The number of methoxy groups -OCH3 is 1. The van der Waals surface area contributed by atoms with Crippen molar-refractivity contribution in [2.45, 2.75) is 25.5 Å². The molecule has 0 unspecified atom stereocenters. The van der Waals surface area contributed by atoms with E-state index in [0.29, 0.717) is 19.7 Å². The van der Waals surface area contributed by atoms with E-state index >= 15 is 0 Å². The molecule has 0 amide bonds. The third-order valence-electron chi connectivity index (χ3n) is 2.51. The Bertz CT molecular complexity index is 289. The molecule has 0 heterocycles. The van der Waals surface area contributed by atoms with Gasteiger partial charge in [0.1, 0.15) is 0 Å². The Morgan fingerprint density at radius 3 is 2.12 bits per heavy atom. The minimum absolute atomic E-state index is 0.376. The van der Waals surface area contributed by atoms with E-state index in [1.54, 1.807) is 21.0 Å². The molecule has 0 N–H and O–H groups in total. The molecule has 0 bridgehead atoms. The molecule has 0 aromatic rings. The summed E-state index contributed by atoms with van der Waals surface area (Å²) < 4.78 is 30.6. The molecule has 0 rings (SSSR count). The molecule has 104 valence electrons. The first-order valence-electron chi connectivity index (χ1n) is 5.95. The molecule has 5 nitrogen and oxygen atoms in total. The predicted molar refractivity (Wildman–Crippen MR) is 70.7 cm³/mol. The second kappa shape index (κ2) is 8.02. The molecule has 0 aliphatic rings. The number of nitrogens with zero attached hydrogens (tertiary/aromatic N) is 2. The van der Waals surface area contributed by atoms with Crippen molar-refractivity contribution in [3.63, 3.8) is 0 Å². The highest BCUT2D eigenvalue weighted by Gasteiger charge is 2.24. The Labute approximate surface area is 106 Å². The van der Waals surface area contributed by atoms with Gasteiger partial charge in [-0.15, -0.1) is 0 Å². The van der Waals surface area contributed by atoms with Gasteiger partial charge in [-0.1, -0.05) is 0 Å². The highest BCUT2D eigenvalue weighted by atomic mass is 32.2. The van der Waals surface area contributed by atoms with Crippen LogP contribution in [-0.2, 0) is 14.8 Å². The third kappa shape index (κ3) is 6.35. The maximum atomic E-state index is 12.1. The second-order valence-corrected chi connectivity index (χ2v) is 7.13. The van der Waals surface area contributed by atoms with Gasteiger partial charge >= 0.3 is 0 Å². The monoisotopic (exact) mass is 266 g/mol. The molecule has 0 saturated heterocycles. The maximum Gasteiger partial charge on any atom is 0.216 e. The molecule has 0 fully saturated rings. The van der Waals surface area contributed by atoms with Crippen LogP contribution in [0.3, 0.4) is 0 Å². The first-order valence-corrected chi connectivity index (χ1v) is 7.45. The number of sulfonamides is 1. The second-order valence-electron chi connectivity index (χ2n) is 4.64. The van der Waals surface area contributed by atoms with Crippen LogP contribution in [0.1, 0.15) is 20.3 Å². The summed E-state index contributed by atoms with van der Waals surface area (Å²) >= 11 is 0. The molecule has 0 aromatic carbocycles. The zero-order valence-corrected chi connectivity index (χ0v) is 12.5. The lowest BCUT2D eigenvalue weighted by Gasteiger charge is -2.24. The molecule has 0 aliphatic carbocycles. The highest BCUT2D eigenvalue weighted by molar-refractivity contribution is 7.89. The molecular weight excluding hydrogens is 240 g/mol. The number of ether oxygens (including phenoxy) is 1. The topological polar surface area (TPSA) is 49.9 Å². The van der Waals surface area contributed by atoms with Crippen LogP contribution in [0.15, 0.2) is 0 Å². The van der Waals surface area contributed by atoms with Crippen LogP contribution in [0.5, 0.6) is 0 Å². The summed E-state index contributed by atoms with van der Waals surface area (Å²) in [6, 6.07) is 0. The zero-order valence-electron chi connectivity index (χ0n) is 11.6. The Balaban J connectivity index is 4.43. The molecule has 6 heteroatoms. The van der Waals surface area contributed by atoms with Gasteiger partial charge in [-0.2, -0.15) is 4.31 Å². The van der Waals surface area contributed by atoms with Crippen LogP contribution in [-0.4, -0.2) is 70.3 Å². The van der Waals surface area contributed by atoms with Gasteiger partial charge in [0.2, 0.25) is 10.0 Å². The van der Waals surface area contributed by atoms with Gasteiger partial charge in [0, 0.05) is 20.2 Å². The van der Waals surface area contributed by atoms with Crippen LogP contribution in [0.4, 0.5) is 0 Å². The molecule has 0 atom stereocenters. The summed E-state index contributed by atoms with van der Waals surface area (Å²) in [6.45, 7) is 5.74. The van der Waals surface area contributed by atoms with Crippen LogP contribution in [0, 0.1) is 0 Å². The fraction of sp³-hybridized carbons (Fsp3) is 1.00. The van der Waals surface area contributed by atoms with E-state index < -0.39 is 10.0 Å². The fourth-order valence-electron chi connectivity index (χ4n) is 1.42. The number of rotatable bonds is 9. The van der Waals surface area contributed by atoms with Crippen molar-refractivity contribution < 1.29 is 13.2 Å². The van der Waals surface area contributed by atoms with Crippen molar-refractivity contribution in [3.8, 4) is 0 Å². The van der Waals surface area contributed by atoms with Crippen molar-refractivity contribution in [2.24, 2.45) is 0 Å². The lowest BCUT2D eigenvalue weighted by molar-refractivity contribution is 0.177. The Hall–Kier alpha value is -0.170. The Kier molecular flexibility index (Phi) is 7.94. The van der Waals surface area contributed by atoms with Crippen molar-refractivity contribution in [3.05, 3.63) is 0 Å². The van der Waals surface area contributed by atoms with E-state index in [1.165, 1.54) is 4.31 Å². The average molecular weight is 266 g/mol.